The summed E-state index contributed by atoms with van der Waals surface area (Å²) in [6, 6.07) is 2.84. The van der Waals surface area contributed by atoms with Crippen molar-refractivity contribution in [2.45, 2.75) is 44.2 Å². The van der Waals surface area contributed by atoms with Crippen molar-refractivity contribution in [3.63, 3.8) is 0 Å². The minimum absolute atomic E-state index is 0.103. The van der Waals surface area contributed by atoms with Gasteiger partial charge in [0, 0.05) is 18.4 Å². The number of carbonyl (C=O) groups excluding carboxylic acids is 1. The molecule has 1 saturated carbocycles. The number of hydrogen-bond donors (Lipinski definition) is 3. The average Bonchev–Trinajstić information content (AvgIpc) is 2.50. The van der Waals surface area contributed by atoms with Gasteiger partial charge in [0.05, 0.1) is 5.56 Å². The van der Waals surface area contributed by atoms with Gasteiger partial charge in [-0.15, -0.1) is 0 Å². The minimum atomic E-state index is -0.943. The van der Waals surface area contributed by atoms with Crippen LogP contribution in [0.5, 0.6) is 0 Å². The van der Waals surface area contributed by atoms with Crippen molar-refractivity contribution in [3.05, 3.63) is 30.1 Å². The summed E-state index contributed by atoms with van der Waals surface area (Å²) in [6.45, 7) is 0. The Morgan fingerprint density at radius 2 is 2.10 bits per heavy atom. The number of rotatable bonds is 5. The molecule has 0 spiro atoms. The van der Waals surface area contributed by atoms with Gasteiger partial charge in [0.1, 0.15) is 6.04 Å². The van der Waals surface area contributed by atoms with Gasteiger partial charge in [0.25, 0.3) is 5.91 Å². The molecule has 0 unspecified atom stereocenters. The molecule has 1 fully saturated rings. The highest BCUT2D eigenvalue weighted by Gasteiger charge is 2.25. The van der Waals surface area contributed by atoms with Gasteiger partial charge < -0.3 is 16.2 Å². The van der Waals surface area contributed by atoms with Crippen molar-refractivity contribution in [2.75, 3.05) is 0 Å². The molecule has 21 heavy (non-hydrogen) atoms. The van der Waals surface area contributed by atoms with Gasteiger partial charge in [0.2, 0.25) is 0 Å². The monoisotopic (exact) mass is 291 g/mol. The van der Waals surface area contributed by atoms with E-state index in [1.807, 2.05) is 0 Å². The molecule has 2 rings (SSSR count). The number of amides is 1. The van der Waals surface area contributed by atoms with Crippen LogP contribution in [0.1, 0.15) is 42.5 Å². The number of nitrogens with one attached hydrogen (secondary N) is 1. The van der Waals surface area contributed by atoms with Gasteiger partial charge in [-0.05, 0) is 50.2 Å². The topological polar surface area (TPSA) is 105 Å². The summed E-state index contributed by atoms with van der Waals surface area (Å²) in [4.78, 5) is 26.7. The lowest BCUT2D eigenvalue weighted by Gasteiger charge is -2.29. The van der Waals surface area contributed by atoms with E-state index in [1.54, 1.807) is 24.5 Å². The van der Waals surface area contributed by atoms with Crippen molar-refractivity contribution in [2.24, 2.45) is 11.7 Å². The van der Waals surface area contributed by atoms with Crippen molar-refractivity contribution >= 4 is 11.9 Å². The molecular formula is C15H21N3O3. The first-order valence-electron chi connectivity index (χ1n) is 7.25. The Balaban J connectivity index is 1.77. The Bertz CT molecular complexity index is 484. The summed E-state index contributed by atoms with van der Waals surface area (Å²) >= 11 is 0. The van der Waals surface area contributed by atoms with E-state index in [0.29, 0.717) is 17.9 Å². The highest BCUT2D eigenvalue weighted by Crippen LogP contribution is 2.27. The summed E-state index contributed by atoms with van der Waals surface area (Å²) < 4.78 is 0. The Labute approximate surface area is 123 Å². The predicted octanol–water partition coefficient (Wildman–Crippen LogP) is 1.17. The molecule has 0 bridgehead atoms. The summed E-state index contributed by atoms with van der Waals surface area (Å²) in [5.74, 6) is -0.710. The number of aliphatic carboxylic acids is 1. The first-order chi connectivity index (χ1) is 10.1. The van der Waals surface area contributed by atoms with Gasteiger partial charge in [-0.2, -0.15) is 0 Å². The van der Waals surface area contributed by atoms with Crippen LogP contribution in [-0.4, -0.2) is 34.1 Å². The molecule has 4 N–H and O–H groups in total. The Kier molecular flexibility index (Phi) is 5.27. The molecule has 0 radical (unpaired) electrons. The molecule has 0 aliphatic heterocycles. The van der Waals surface area contributed by atoms with E-state index in [9.17, 15) is 9.59 Å². The van der Waals surface area contributed by atoms with Crippen LogP contribution >= 0.6 is 0 Å². The quantitative estimate of drug-likeness (QED) is 0.755. The molecule has 1 aliphatic carbocycles. The highest BCUT2D eigenvalue weighted by atomic mass is 16.4. The lowest BCUT2D eigenvalue weighted by molar-refractivity contribution is -0.139. The van der Waals surface area contributed by atoms with Crippen LogP contribution in [0.15, 0.2) is 24.5 Å². The molecule has 1 amide bonds. The Hall–Kier alpha value is -1.95. The second-order valence-electron chi connectivity index (χ2n) is 5.61. The second-order valence-corrected chi connectivity index (χ2v) is 5.61. The van der Waals surface area contributed by atoms with Crippen LogP contribution in [-0.2, 0) is 4.79 Å². The van der Waals surface area contributed by atoms with E-state index in [4.69, 9.17) is 10.8 Å². The first kappa shape index (κ1) is 15.4. The van der Waals surface area contributed by atoms with Crippen LogP contribution in [0.25, 0.3) is 0 Å². The van der Waals surface area contributed by atoms with Crippen LogP contribution < -0.4 is 11.1 Å². The SMILES string of the molecule is N[C@@H](C[C@H]1CC[C@H](NC(=O)c2cccnc2)CC1)C(=O)O. The van der Waals surface area contributed by atoms with E-state index in [-0.39, 0.29) is 11.9 Å². The van der Waals surface area contributed by atoms with E-state index >= 15 is 0 Å². The molecule has 1 atom stereocenters. The third-order valence-electron chi connectivity index (χ3n) is 4.01. The molecule has 1 aromatic rings. The van der Waals surface area contributed by atoms with Crippen LogP contribution in [0.2, 0.25) is 0 Å². The number of carboxylic acids is 1. The van der Waals surface area contributed by atoms with Crippen molar-refractivity contribution < 1.29 is 14.7 Å². The fraction of sp³-hybridized carbons (Fsp3) is 0.533. The fourth-order valence-electron chi connectivity index (χ4n) is 2.77. The lowest BCUT2D eigenvalue weighted by Crippen LogP contribution is -2.39. The van der Waals surface area contributed by atoms with Crippen molar-refractivity contribution in [1.29, 1.82) is 0 Å². The van der Waals surface area contributed by atoms with Gasteiger partial charge in [0.15, 0.2) is 0 Å². The smallest absolute Gasteiger partial charge is 0.320 e. The molecule has 0 aromatic carbocycles. The van der Waals surface area contributed by atoms with Gasteiger partial charge in [-0.3, -0.25) is 14.6 Å². The van der Waals surface area contributed by atoms with Gasteiger partial charge in [-0.25, -0.2) is 0 Å². The van der Waals surface area contributed by atoms with Crippen LogP contribution in [0.4, 0.5) is 0 Å². The first-order valence-corrected chi connectivity index (χ1v) is 7.25. The summed E-state index contributed by atoms with van der Waals surface area (Å²) in [5, 5.41) is 11.8. The van der Waals surface area contributed by atoms with Crippen LogP contribution in [0.3, 0.4) is 0 Å². The van der Waals surface area contributed by atoms with Crippen molar-refractivity contribution in [3.8, 4) is 0 Å². The summed E-state index contributed by atoms with van der Waals surface area (Å²) in [6.07, 6.45) is 7.23. The number of pyridine rings is 1. The van der Waals surface area contributed by atoms with Gasteiger partial charge in [-0.1, -0.05) is 0 Å². The number of carbonyl (C=O) groups is 2. The van der Waals surface area contributed by atoms with E-state index in [1.165, 1.54) is 0 Å². The summed E-state index contributed by atoms with van der Waals surface area (Å²) in [7, 11) is 0. The molecule has 6 nitrogen and oxygen atoms in total. The maximum atomic E-state index is 12.0. The third-order valence-corrected chi connectivity index (χ3v) is 4.01. The molecule has 1 aliphatic rings. The number of nitrogens with zero attached hydrogens (tertiary/aromatic N) is 1. The zero-order valence-electron chi connectivity index (χ0n) is 11.9. The zero-order valence-corrected chi connectivity index (χ0v) is 11.9. The molecule has 114 valence electrons. The molecular weight excluding hydrogens is 270 g/mol. The zero-order chi connectivity index (χ0) is 15.2. The number of aromatic nitrogens is 1. The third kappa shape index (κ3) is 4.53. The molecule has 0 saturated heterocycles. The van der Waals surface area contributed by atoms with E-state index < -0.39 is 12.0 Å². The maximum Gasteiger partial charge on any atom is 0.320 e. The second kappa shape index (κ2) is 7.17. The number of carboxylic acid groups (broad SMARTS) is 1. The standard InChI is InChI=1S/C15H21N3O3/c16-13(15(20)21)8-10-3-5-12(6-4-10)18-14(19)11-2-1-7-17-9-11/h1-2,7,9-10,12-13H,3-6,8,16H2,(H,18,19)(H,20,21)/t10-,12-,13-/m0/s1. The fourth-order valence-corrected chi connectivity index (χ4v) is 2.77. The number of hydrogen-bond acceptors (Lipinski definition) is 4. The predicted molar refractivity (Wildman–Crippen MR) is 77.7 cm³/mol. The highest BCUT2D eigenvalue weighted by molar-refractivity contribution is 5.94. The Morgan fingerprint density at radius 3 is 2.67 bits per heavy atom. The largest absolute Gasteiger partial charge is 0.480 e. The molecule has 6 heteroatoms. The maximum absolute atomic E-state index is 12.0. The van der Waals surface area contributed by atoms with Crippen molar-refractivity contribution in [1.82, 2.24) is 10.3 Å². The van der Waals surface area contributed by atoms with E-state index in [0.717, 1.165) is 25.7 Å². The normalized spacial score (nSPS) is 23.3. The van der Waals surface area contributed by atoms with E-state index in [2.05, 4.69) is 10.3 Å². The summed E-state index contributed by atoms with van der Waals surface area (Å²) in [5.41, 5.74) is 6.13. The minimum Gasteiger partial charge on any atom is -0.480 e. The molecule has 1 aromatic heterocycles. The van der Waals surface area contributed by atoms with Gasteiger partial charge >= 0.3 is 5.97 Å². The lowest BCUT2D eigenvalue weighted by atomic mass is 9.82. The van der Waals surface area contributed by atoms with Crippen LogP contribution in [0, 0.1) is 5.92 Å². The molecule has 1 heterocycles. The average molecular weight is 291 g/mol. The Morgan fingerprint density at radius 1 is 1.38 bits per heavy atom. The number of nitrogens with two attached hydrogens (primary N) is 1.